The number of anilines is 1. The highest BCUT2D eigenvalue weighted by molar-refractivity contribution is 7.92. The quantitative estimate of drug-likeness (QED) is 0.451. The lowest BCUT2D eigenvalue weighted by Gasteiger charge is -2.31. The van der Waals surface area contributed by atoms with E-state index in [2.05, 4.69) is 10.3 Å². The van der Waals surface area contributed by atoms with E-state index in [0.717, 1.165) is 22.1 Å². The lowest BCUT2D eigenvalue weighted by Crippen LogP contribution is -2.39. The Morgan fingerprint density at radius 1 is 1.13 bits per heavy atom. The van der Waals surface area contributed by atoms with E-state index in [1.165, 1.54) is 6.07 Å². The molecule has 1 aliphatic rings. The van der Waals surface area contributed by atoms with Gasteiger partial charge in [0.2, 0.25) is 0 Å². The number of halogens is 2. The molecule has 0 saturated carbocycles. The molecule has 2 heterocycles. The van der Waals surface area contributed by atoms with E-state index in [-0.39, 0.29) is 14.9 Å². The zero-order valence-corrected chi connectivity index (χ0v) is 20.1. The molecule has 1 aliphatic heterocycles. The van der Waals surface area contributed by atoms with Crippen LogP contribution in [0.3, 0.4) is 0 Å². The summed E-state index contributed by atoms with van der Waals surface area (Å²) in [6.45, 7) is 1.26. The molecule has 4 rings (SSSR count). The first-order valence-corrected chi connectivity index (χ1v) is 13.1. The second-order valence-electron chi connectivity index (χ2n) is 7.39. The van der Waals surface area contributed by atoms with E-state index in [1.807, 2.05) is 24.3 Å². The maximum atomic E-state index is 13.1. The van der Waals surface area contributed by atoms with Gasteiger partial charge >= 0.3 is 0 Å². The normalized spacial score (nSPS) is 15.3. The molecule has 0 radical (unpaired) electrons. The largest absolute Gasteiger partial charge is 0.496 e. The average Bonchev–Trinajstić information content (AvgIpc) is 3.24. The minimum atomic E-state index is -3.54. The molecule has 0 amide bonds. The molecule has 31 heavy (non-hydrogen) atoms. The number of methoxy groups -OCH3 is 1. The maximum absolute atomic E-state index is 13.1. The van der Waals surface area contributed by atoms with Crippen molar-refractivity contribution in [3.63, 3.8) is 0 Å². The fourth-order valence-corrected chi connectivity index (χ4v) is 7.18. The van der Waals surface area contributed by atoms with E-state index in [4.69, 9.17) is 32.9 Å². The van der Waals surface area contributed by atoms with E-state index in [0.29, 0.717) is 32.4 Å². The topological polar surface area (TPSA) is 59.5 Å². The predicted octanol–water partition coefficient (Wildman–Crippen LogP) is 5.49. The standard InChI is InChI=1S/C22H22Cl2N2O3S2/c1-29-19-7-3-2-5-15(19)13-16-14-30-22(25-16)26-11-9-17(10-12-26)31(27,28)20-8-4-6-18(23)21(20)24/h2-8,14,17H,9-13H2,1H3. The summed E-state index contributed by atoms with van der Waals surface area (Å²) in [6, 6.07) is 12.7. The van der Waals surface area contributed by atoms with Crippen LogP contribution in [-0.2, 0) is 16.3 Å². The van der Waals surface area contributed by atoms with Crippen LogP contribution < -0.4 is 9.64 Å². The van der Waals surface area contributed by atoms with E-state index in [9.17, 15) is 8.42 Å². The zero-order valence-electron chi connectivity index (χ0n) is 16.9. The minimum absolute atomic E-state index is 0.104. The van der Waals surface area contributed by atoms with E-state index in [1.54, 1.807) is 30.6 Å². The van der Waals surface area contributed by atoms with Crippen molar-refractivity contribution in [1.29, 1.82) is 0 Å². The SMILES string of the molecule is COc1ccccc1Cc1csc(N2CCC(S(=O)(=O)c3cccc(Cl)c3Cl)CC2)n1. The van der Waals surface area contributed by atoms with Crippen molar-refractivity contribution in [2.45, 2.75) is 29.4 Å². The second-order valence-corrected chi connectivity index (χ2v) is 11.2. The van der Waals surface area contributed by atoms with Gasteiger partial charge in [0.25, 0.3) is 0 Å². The first kappa shape index (κ1) is 22.4. The third-order valence-electron chi connectivity index (χ3n) is 5.48. The zero-order chi connectivity index (χ0) is 22.0. The van der Waals surface area contributed by atoms with Crippen LogP contribution in [0.25, 0.3) is 0 Å². The third kappa shape index (κ3) is 4.70. The summed E-state index contributed by atoms with van der Waals surface area (Å²) < 4.78 is 31.6. The number of thiazole rings is 1. The lowest BCUT2D eigenvalue weighted by molar-refractivity contribution is 0.410. The Kier molecular flexibility index (Phi) is 6.77. The van der Waals surface area contributed by atoms with Crippen LogP contribution in [0.2, 0.25) is 10.0 Å². The second kappa shape index (κ2) is 9.36. The summed E-state index contributed by atoms with van der Waals surface area (Å²) in [5, 5.41) is 2.85. The first-order chi connectivity index (χ1) is 14.9. The van der Waals surface area contributed by atoms with Crippen molar-refractivity contribution in [3.05, 3.63) is 69.1 Å². The van der Waals surface area contributed by atoms with Crippen LogP contribution in [0.1, 0.15) is 24.1 Å². The molecule has 0 atom stereocenters. The van der Waals surface area contributed by atoms with Gasteiger partial charge < -0.3 is 9.64 Å². The molecule has 1 fully saturated rings. The fraction of sp³-hybridized carbons (Fsp3) is 0.318. The van der Waals surface area contributed by atoms with Gasteiger partial charge in [0.05, 0.1) is 33.0 Å². The highest BCUT2D eigenvalue weighted by atomic mass is 35.5. The molecule has 1 saturated heterocycles. The number of hydrogen-bond acceptors (Lipinski definition) is 6. The Morgan fingerprint density at radius 3 is 2.61 bits per heavy atom. The van der Waals surface area contributed by atoms with Gasteiger partial charge in [0, 0.05) is 30.5 Å². The summed E-state index contributed by atoms with van der Waals surface area (Å²) in [4.78, 5) is 7.05. The van der Waals surface area contributed by atoms with Gasteiger partial charge in [-0.3, -0.25) is 0 Å². The number of nitrogens with zero attached hydrogens (tertiary/aromatic N) is 2. The van der Waals surface area contributed by atoms with Crippen LogP contribution >= 0.6 is 34.5 Å². The molecular formula is C22H22Cl2N2O3S2. The van der Waals surface area contributed by atoms with Crippen molar-refractivity contribution >= 4 is 49.5 Å². The molecule has 9 heteroatoms. The number of aromatic nitrogens is 1. The molecule has 2 aromatic carbocycles. The molecular weight excluding hydrogens is 475 g/mol. The van der Waals surface area contributed by atoms with Crippen molar-refractivity contribution in [1.82, 2.24) is 4.98 Å². The van der Waals surface area contributed by atoms with Crippen molar-refractivity contribution in [2.75, 3.05) is 25.1 Å². The third-order valence-corrected chi connectivity index (χ3v) is 9.66. The highest BCUT2D eigenvalue weighted by Gasteiger charge is 2.33. The number of rotatable bonds is 6. The molecule has 0 aliphatic carbocycles. The Labute approximate surface area is 196 Å². The molecule has 1 aromatic heterocycles. The molecule has 0 spiro atoms. The fourth-order valence-electron chi connectivity index (χ4n) is 3.81. The molecule has 164 valence electrons. The van der Waals surface area contributed by atoms with Gasteiger partial charge in [0.15, 0.2) is 15.0 Å². The van der Waals surface area contributed by atoms with Crippen LogP contribution in [-0.4, -0.2) is 38.9 Å². The van der Waals surface area contributed by atoms with Crippen molar-refractivity contribution in [2.24, 2.45) is 0 Å². The molecule has 3 aromatic rings. The Hall–Kier alpha value is -1.80. The summed E-state index contributed by atoms with van der Waals surface area (Å²) in [5.41, 5.74) is 2.06. The van der Waals surface area contributed by atoms with Gasteiger partial charge in [0.1, 0.15) is 5.75 Å². The Balaban J connectivity index is 1.43. The van der Waals surface area contributed by atoms with Crippen LogP contribution in [0.4, 0.5) is 5.13 Å². The number of piperidine rings is 1. The summed E-state index contributed by atoms with van der Waals surface area (Å²) in [5.74, 6) is 0.850. The molecule has 0 unspecified atom stereocenters. The van der Waals surface area contributed by atoms with Gasteiger partial charge in [-0.2, -0.15) is 0 Å². The smallest absolute Gasteiger partial charge is 0.185 e. The maximum Gasteiger partial charge on any atom is 0.185 e. The number of benzene rings is 2. The number of hydrogen-bond donors (Lipinski definition) is 0. The van der Waals surface area contributed by atoms with Crippen LogP contribution in [0, 0.1) is 0 Å². The highest BCUT2D eigenvalue weighted by Crippen LogP contribution is 2.35. The van der Waals surface area contributed by atoms with Gasteiger partial charge in [-0.05, 0) is 31.0 Å². The van der Waals surface area contributed by atoms with E-state index >= 15 is 0 Å². The Bertz CT molecular complexity index is 1170. The number of ether oxygens (including phenoxy) is 1. The summed E-state index contributed by atoms with van der Waals surface area (Å²) in [6.07, 6.45) is 1.73. The van der Waals surface area contributed by atoms with Gasteiger partial charge in [-0.25, -0.2) is 13.4 Å². The lowest BCUT2D eigenvalue weighted by atomic mass is 10.1. The molecule has 0 bridgehead atoms. The van der Waals surface area contributed by atoms with Crippen LogP contribution in [0.15, 0.2) is 52.7 Å². The molecule has 0 N–H and O–H groups in total. The molecule has 5 nitrogen and oxygen atoms in total. The predicted molar refractivity (Wildman–Crippen MR) is 127 cm³/mol. The minimum Gasteiger partial charge on any atom is -0.496 e. The van der Waals surface area contributed by atoms with Gasteiger partial charge in [-0.15, -0.1) is 11.3 Å². The van der Waals surface area contributed by atoms with Crippen molar-refractivity contribution < 1.29 is 13.2 Å². The number of para-hydroxylation sites is 1. The van der Waals surface area contributed by atoms with Crippen LogP contribution in [0.5, 0.6) is 5.75 Å². The van der Waals surface area contributed by atoms with Gasteiger partial charge in [-0.1, -0.05) is 47.5 Å². The Morgan fingerprint density at radius 2 is 1.87 bits per heavy atom. The summed E-state index contributed by atoms with van der Waals surface area (Å²) in [7, 11) is -1.87. The summed E-state index contributed by atoms with van der Waals surface area (Å²) >= 11 is 13.8. The number of sulfone groups is 1. The average molecular weight is 497 g/mol. The first-order valence-electron chi connectivity index (χ1n) is 9.89. The van der Waals surface area contributed by atoms with E-state index < -0.39 is 15.1 Å². The monoisotopic (exact) mass is 496 g/mol. The van der Waals surface area contributed by atoms with Crippen molar-refractivity contribution in [3.8, 4) is 5.75 Å².